The third kappa shape index (κ3) is 5.39. The van der Waals surface area contributed by atoms with Crippen molar-refractivity contribution < 1.29 is 13.5 Å². The molecule has 5 nitrogen and oxygen atoms in total. The van der Waals surface area contributed by atoms with Gasteiger partial charge in [-0.1, -0.05) is 23.2 Å². The Morgan fingerprint density at radius 1 is 1.24 bits per heavy atom. The van der Waals surface area contributed by atoms with Crippen molar-refractivity contribution in [3.05, 3.63) is 27.7 Å². The van der Waals surface area contributed by atoms with Crippen LogP contribution in [0.2, 0.25) is 10.0 Å². The van der Waals surface area contributed by atoms with Crippen LogP contribution in [0.5, 0.6) is 0 Å². The van der Waals surface area contributed by atoms with Crippen molar-refractivity contribution in [2.75, 3.05) is 27.2 Å². The van der Waals surface area contributed by atoms with E-state index in [-0.39, 0.29) is 20.5 Å². The lowest BCUT2D eigenvalue weighted by Gasteiger charge is -2.12. The average Bonchev–Trinajstić information content (AvgIpc) is 2.38. The number of nitrogens with zero attached hydrogens (tertiary/aromatic N) is 1. The number of rotatable bonds is 8. The maximum absolute atomic E-state index is 12.2. The molecule has 0 amide bonds. The molecule has 0 radical (unpaired) electrons. The van der Waals surface area contributed by atoms with Crippen molar-refractivity contribution in [3.63, 3.8) is 0 Å². The molecule has 1 rings (SSSR count). The molecule has 8 heteroatoms. The van der Waals surface area contributed by atoms with Gasteiger partial charge >= 0.3 is 0 Å². The minimum atomic E-state index is -3.71. The first-order valence-corrected chi connectivity index (χ1v) is 8.75. The molecule has 0 aliphatic heterocycles. The Morgan fingerprint density at radius 3 is 2.48 bits per heavy atom. The van der Waals surface area contributed by atoms with Gasteiger partial charge in [-0.05, 0) is 45.6 Å². The second kappa shape index (κ2) is 8.31. The molecule has 0 aromatic heterocycles. The molecule has 0 saturated heterocycles. The Hall–Kier alpha value is -0.370. The summed E-state index contributed by atoms with van der Waals surface area (Å²) in [6.45, 7) is 0.825. The number of aliphatic hydroxyl groups excluding tert-OH is 1. The SMILES string of the molecule is CN(C)CCCCNS(=O)(=O)c1ccc(Cl)c(CO)c1Cl. The third-order valence-corrected chi connectivity index (χ3v) is 5.32. The summed E-state index contributed by atoms with van der Waals surface area (Å²) in [7, 11) is 0.226. The summed E-state index contributed by atoms with van der Waals surface area (Å²) in [4.78, 5) is 1.98. The van der Waals surface area contributed by atoms with E-state index in [9.17, 15) is 13.5 Å². The minimum absolute atomic E-state index is 0.0363. The van der Waals surface area contributed by atoms with Crippen LogP contribution in [0, 0.1) is 0 Å². The number of hydrogen-bond donors (Lipinski definition) is 2. The topological polar surface area (TPSA) is 69.6 Å². The van der Waals surface area contributed by atoms with Crippen LogP contribution in [-0.4, -0.2) is 45.6 Å². The quantitative estimate of drug-likeness (QED) is 0.701. The highest BCUT2D eigenvalue weighted by Crippen LogP contribution is 2.30. The molecule has 1 aromatic rings. The van der Waals surface area contributed by atoms with E-state index in [2.05, 4.69) is 4.72 Å². The van der Waals surface area contributed by atoms with E-state index in [4.69, 9.17) is 23.2 Å². The van der Waals surface area contributed by atoms with Crippen molar-refractivity contribution in [1.82, 2.24) is 9.62 Å². The van der Waals surface area contributed by atoms with Crippen molar-refractivity contribution >= 4 is 33.2 Å². The van der Waals surface area contributed by atoms with Crippen molar-refractivity contribution in [2.45, 2.75) is 24.3 Å². The number of nitrogens with one attached hydrogen (secondary N) is 1. The van der Waals surface area contributed by atoms with Crippen molar-refractivity contribution in [3.8, 4) is 0 Å². The molecule has 0 saturated carbocycles. The maximum Gasteiger partial charge on any atom is 0.242 e. The molecular formula is C13H20Cl2N2O3S. The second-order valence-electron chi connectivity index (χ2n) is 4.90. The van der Waals surface area contributed by atoms with Crippen LogP contribution in [0.4, 0.5) is 0 Å². The van der Waals surface area contributed by atoms with Gasteiger partial charge in [0.1, 0.15) is 4.90 Å². The van der Waals surface area contributed by atoms with E-state index in [1.165, 1.54) is 12.1 Å². The molecule has 0 bridgehead atoms. The van der Waals surface area contributed by atoms with Crippen LogP contribution >= 0.6 is 23.2 Å². The maximum atomic E-state index is 12.2. The van der Waals surface area contributed by atoms with Gasteiger partial charge in [0, 0.05) is 17.1 Å². The Kier molecular flexibility index (Phi) is 7.39. The van der Waals surface area contributed by atoms with Crippen molar-refractivity contribution in [2.24, 2.45) is 0 Å². The van der Waals surface area contributed by atoms with Crippen LogP contribution in [0.1, 0.15) is 18.4 Å². The van der Waals surface area contributed by atoms with Gasteiger partial charge < -0.3 is 10.0 Å². The number of halogens is 2. The number of benzene rings is 1. The van der Waals surface area contributed by atoms with Gasteiger partial charge in [-0.25, -0.2) is 13.1 Å². The van der Waals surface area contributed by atoms with Gasteiger partial charge in [-0.15, -0.1) is 0 Å². The highest BCUT2D eigenvalue weighted by atomic mass is 35.5. The highest BCUT2D eigenvalue weighted by Gasteiger charge is 2.20. The van der Waals surface area contributed by atoms with Gasteiger partial charge in [-0.2, -0.15) is 0 Å². The second-order valence-corrected chi connectivity index (χ2v) is 7.42. The smallest absolute Gasteiger partial charge is 0.242 e. The zero-order chi connectivity index (χ0) is 16.0. The largest absolute Gasteiger partial charge is 0.392 e. The van der Waals surface area contributed by atoms with E-state index in [1.807, 2.05) is 19.0 Å². The molecule has 0 aliphatic rings. The summed E-state index contributed by atoms with van der Waals surface area (Å²) in [6.07, 6.45) is 1.63. The summed E-state index contributed by atoms with van der Waals surface area (Å²) in [5.74, 6) is 0. The Bertz CT molecular complexity index is 577. The summed E-state index contributed by atoms with van der Waals surface area (Å²) >= 11 is 11.9. The van der Waals surface area contributed by atoms with E-state index in [1.54, 1.807) is 0 Å². The van der Waals surface area contributed by atoms with Gasteiger partial charge in [-0.3, -0.25) is 0 Å². The standard InChI is InChI=1S/C13H20Cl2N2O3S/c1-17(2)8-4-3-7-16-21(19,20)12-6-5-11(14)10(9-18)13(12)15/h5-6,16,18H,3-4,7-9H2,1-2H3. The lowest BCUT2D eigenvalue weighted by molar-refractivity contribution is 0.281. The molecule has 1 aromatic carbocycles. The predicted molar refractivity (Wildman–Crippen MR) is 85.4 cm³/mol. The van der Waals surface area contributed by atoms with Gasteiger partial charge in [0.15, 0.2) is 0 Å². The molecule has 2 N–H and O–H groups in total. The Balaban J connectivity index is 2.75. The summed E-state index contributed by atoms with van der Waals surface area (Å²) in [5.41, 5.74) is 0.216. The van der Waals surface area contributed by atoms with Gasteiger partial charge in [0.25, 0.3) is 0 Å². The van der Waals surface area contributed by atoms with E-state index >= 15 is 0 Å². The third-order valence-electron chi connectivity index (χ3n) is 2.92. The molecule has 21 heavy (non-hydrogen) atoms. The molecule has 0 fully saturated rings. The zero-order valence-corrected chi connectivity index (χ0v) is 14.4. The zero-order valence-electron chi connectivity index (χ0n) is 12.1. The van der Waals surface area contributed by atoms with E-state index in [0.717, 1.165) is 19.4 Å². The molecule has 0 spiro atoms. The van der Waals surface area contributed by atoms with Gasteiger partial charge in [0.2, 0.25) is 10.0 Å². The van der Waals surface area contributed by atoms with E-state index in [0.29, 0.717) is 6.54 Å². The fraction of sp³-hybridized carbons (Fsp3) is 0.538. The van der Waals surface area contributed by atoms with Crippen LogP contribution < -0.4 is 4.72 Å². The lowest BCUT2D eigenvalue weighted by Crippen LogP contribution is -2.26. The Morgan fingerprint density at radius 2 is 1.90 bits per heavy atom. The normalized spacial score (nSPS) is 12.1. The van der Waals surface area contributed by atoms with Crippen molar-refractivity contribution in [1.29, 1.82) is 0 Å². The first-order chi connectivity index (χ1) is 9.79. The monoisotopic (exact) mass is 354 g/mol. The minimum Gasteiger partial charge on any atom is -0.392 e. The number of hydrogen-bond acceptors (Lipinski definition) is 4. The summed E-state index contributed by atoms with van der Waals surface area (Å²) < 4.78 is 26.9. The van der Waals surface area contributed by atoms with E-state index < -0.39 is 16.6 Å². The summed E-state index contributed by atoms with van der Waals surface area (Å²) in [6, 6.07) is 2.76. The molecule has 0 atom stereocenters. The van der Waals surface area contributed by atoms with Crippen LogP contribution in [0.25, 0.3) is 0 Å². The highest BCUT2D eigenvalue weighted by molar-refractivity contribution is 7.89. The Labute approximate surface area is 135 Å². The summed E-state index contributed by atoms with van der Waals surface area (Å²) in [5, 5.41) is 9.41. The first-order valence-electron chi connectivity index (χ1n) is 6.51. The average molecular weight is 355 g/mol. The number of sulfonamides is 1. The fourth-order valence-corrected chi connectivity index (χ4v) is 3.74. The first kappa shape index (κ1) is 18.7. The molecular weight excluding hydrogens is 335 g/mol. The lowest BCUT2D eigenvalue weighted by atomic mass is 10.2. The number of unbranched alkanes of at least 4 members (excludes halogenated alkanes) is 1. The van der Waals surface area contributed by atoms with Crippen LogP contribution in [0.3, 0.4) is 0 Å². The fourth-order valence-electron chi connectivity index (χ4n) is 1.77. The number of aliphatic hydroxyl groups is 1. The van der Waals surface area contributed by atoms with Crippen LogP contribution in [-0.2, 0) is 16.6 Å². The molecule has 0 aliphatic carbocycles. The molecule has 0 heterocycles. The molecule has 120 valence electrons. The van der Waals surface area contributed by atoms with Crippen LogP contribution in [0.15, 0.2) is 17.0 Å². The van der Waals surface area contributed by atoms with Gasteiger partial charge in [0.05, 0.1) is 11.6 Å². The predicted octanol–water partition coefficient (Wildman–Crippen LogP) is 2.11. The molecule has 0 unspecified atom stereocenters.